The van der Waals surface area contributed by atoms with Crippen molar-refractivity contribution in [1.29, 1.82) is 0 Å². The van der Waals surface area contributed by atoms with Crippen LogP contribution in [0.4, 0.5) is 0 Å². The van der Waals surface area contributed by atoms with E-state index >= 15 is 0 Å². The Morgan fingerprint density at radius 3 is 3.23 bits per heavy atom. The first-order valence-corrected chi connectivity index (χ1v) is 4.57. The maximum absolute atomic E-state index is 11.6. The van der Waals surface area contributed by atoms with Crippen LogP contribution >= 0.6 is 0 Å². The van der Waals surface area contributed by atoms with Gasteiger partial charge in [0, 0.05) is 30.8 Å². The van der Waals surface area contributed by atoms with Crippen molar-refractivity contribution in [1.82, 2.24) is 15.3 Å². The van der Waals surface area contributed by atoms with E-state index < -0.39 is 0 Å². The van der Waals surface area contributed by atoms with Crippen LogP contribution < -0.4 is 5.32 Å². The Morgan fingerprint density at radius 1 is 1.69 bits per heavy atom. The molecule has 2 N–H and O–H groups in total. The molecule has 1 aromatic rings. The Labute approximate surface area is 76.8 Å². The molecule has 1 aromatic heterocycles. The number of ketones is 1. The van der Waals surface area contributed by atoms with Crippen molar-refractivity contribution in [2.24, 2.45) is 5.92 Å². The summed E-state index contributed by atoms with van der Waals surface area (Å²) in [7, 11) is 0. The minimum atomic E-state index is 0.211. The molecule has 0 radical (unpaired) electrons. The molecule has 0 saturated carbocycles. The van der Waals surface area contributed by atoms with Crippen molar-refractivity contribution >= 4 is 5.78 Å². The lowest BCUT2D eigenvalue weighted by molar-refractivity contribution is -0.121. The molecule has 0 aromatic carbocycles. The van der Waals surface area contributed by atoms with E-state index in [1.807, 2.05) is 0 Å². The number of imidazole rings is 1. The Bertz CT molecular complexity index is 275. The summed E-state index contributed by atoms with van der Waals surface area (Å²) in [5, 5.41) is 3.19. The minimum Gasteiger partial charge on any atom is -0.348 e. The third-order valence-corrected chi connectivity index (χ3v) is 2.44. The average Bonchev–Trinajstić information content (AvgIpc) is 2.74. The van der Waals surface area contributed by atoms with Crippen LogP contribution in [0, 0.1) is 5.92 Å². The number of aromatic nitrogens is 2. The number of nitrogens with zero attached hydrogens (tertiary/aromatic N) is 1. The van der Waals surface area contributed by atoms with E-state index in [4.69, 9.17) is 0 Å². The maximum atomic E-state index is 11.6. The topological polar surface area (TPSA) is 57.8 Å². The second kappa shape index (κ2) is 3.70. The summed E-state index contributed by atoms with van der Waals surface area (Å²) in [5.41, 5.74) is 0.914. The number of rotatable bonds is 3. The number of hydrogen-bond donors (Lipinski definition) is 2. The van der Waals surface area contributed by atoms with Crippen molar-refractivity contribution < 1.29 is 4.79 Å². The van der Waals surface area contributed by atoms with Gasteiger partial charge >= 0.3 is 0 Å². The maximum Gasteiger partial charge on any atom is 0.143 e. The molecule has 2 rings (SSSR count). The van der Waals surface area contributed by atoms with Gasteiger partial charge in [0.2, 0.25) is 0 Å². The van der Waals surface area contributed by atoms with Crippen LogP contribution in [0.15, 0.2) is 12.5 Å². The third-order valence-electron chi connectivity index (χ3n) is 2.44. The van der Waals surface area contributed by atoms with E-state index in [0.717, 1.165) is 25.2 Å². The van der Waals surface area contributed by atoms with Crippen LogP contribution in [0.25, 0.3) is 0 Å². The molecular weight excluding hydrogens is 166 g/mol. The van der Waals surface area contributed by atoms with Crippen molar-refractivity contribution in [2.75, 3.05) is 13.1 Å². The van der Waals surface area contributed by atoms with Crippen LogP contribution in [0.5, 0.6) is 0 Å². The fourth-order valence-electron chi connectivity index (χ4n) is 1.64. The lowest BCUT2D eigenvalue weighted by Crippen LogP contribution is -2.19. The van der Waals surface area contributed by atoms with E-state index in [0.29, 0.717) is 12.2 Å². The molecule has 0 amide bonds. The fourth-order valence-corrected chi connectivity index (χ4v) is 1.64. The normalized spacial score (nSPS) is 22.0. The Balaban J connectivity index is 1.91. The van der Waals surface area contributed by atoms with Gasteiger partial charge in [-0.3, -0.25) is 4.79 Å². The largest absolute Gasteiger partial charge is 0.348 e. The van der Waals surface area contributed by atoms with Crippen molar-refractivity contribution in [3.8, 4) is 0 Å². The molecule has 13 heavy (non-hydrogen) atoms. The molecule has 70 valence electrons. The Kier molecular flexibility index (Phi) is 2.40. The Morgan fingerprint density at radius 2 is 2.62 bits per heavy atom. The molecule has 0 aliphatic carbocycles. The standard InChI is InChI=1S/C9H13N3O/c13-9(7-1-2-10-4-7)3-8-5-11-6-12-8/h5-7,10H,1-4H2,(H,11,12)/t7-/m0/s1. The van der Waals surface area contributed by atoms with E-state index in [-0.39, 0.29) is 5.92 Å². The van der Waals surface area contributed by atoms with E-state index in [1.54, 1.807) is 12.5 Å². The number of carbonyl (C=O) groups excluding carboxylic acids is 1. The lowest BCUT2D eigenvalue weighted by Gasteiger charge is -2.04. The number of hydrogen-bond acceptors (Lipinski definition) is 3. The first kappa shape index (κ1) is 8.44. The molecule has 1 fully saturated rings. The summed E-state index contributed by atoms with van der Waals surface area (Å²) in [6, 6.07) is 0. The van der Waals surface area contributed by atoms with E-state index in [2.05, 4.69) is 15.3 Å². The smallest absolute Gasteiger partial charge is 0.143 e. The zero-order valence-corrected chi connectivity index (χ0v) is 7.42. The van der Waals surface area contributed by atoms with Gasteiger partial charge in [0.25, 0.3) is 0 Å². The van der Waals surface area contributed by atoms with Gasteiger partial charge in [0.1, 0.15) is 5.78 Å². The fraction of sp³-hybridized carbons (Fsp3) is 0.556. The van der Waals surface area contributed by atoms with Gasteiger partial charge in [0.05, 0.1) is 6.33 Å². The van der Waals surface area contributed by atoms with E-state index in [1.165, 1.54) is 0 Å². The summed E-state index contributed by atoms with van der Waals surface area (Å²) in [6.45, 7) is 1.81. The van der Waals surface area contributed by atoms with Crippen LogP contribution in [-0.4, -0.2) is 28.8 Å². The highest BCUT2D eigenvalue weighted by molar-refractivity contribution is 5.83. The highest BCUT2D eigenvalue weighted by Crippen LogP contribution is 2.11. The van der Waals surface area contributed by atoms with Gasteiger partial charge in [-0.15, -0.1) is 0 Å². The number of aromatic amines is 1. The average molecular weight is 179 g/mol. The highest BCUT2D eigenvalue weighted by atomic mass is 16.1. The Hall–Kier alpha value is -1.16. The van der Waals surface area contributed by atoms with Gasteiger partial charge in [-0.2, -0.15) is 0 Å². The first-order chi connectivity index (χ1) is 6.36. The highest BCUT2D eigenvalue weighted by Gasteiger charge is 2.22. The second-order valence-corrected chi connectivity index (χ2v) is 3.41. The summed E-state index contributed by atoms with van der Waals surface area (Å²) in [5.74, 6) is 0.526. The van der Waals surface area contributed by atoms with Crippen LogP contribution in [0.3, 0.4) is 0 Å². The van der Waals surface area contributed by atoms with Gasteiger partial charge in [0.15, 0.2) is 0 Å². The summed E-state index contributed by atoms with van der Waals surface area (Å²) in [4.78, 5) is 18.4. The molecule has 0 spiro atoms. The molecule has 2 heterocycles. The molecule has 0 bridgehead atoms. The third kappa shape index (κ3) is 1.95. The molecule has 4 heteroatoms. The molecule has 4 nitrogen and oxygen atoms in total. The van der Waals surface area contributed by atoms with Crippen molar-refractivity contribution in [2.45, 2.75) is 12.8 Å². The first-order valence-electron chi connectivity index (χ1n) is 4.57. The van der Waals surface area contributed by atoms with Gasteiger partial charge < -0.3 is 10.3 Å². The number of Topliss-reactive ketones (excluding diaryl/α,β-unsaturated/α-hetero) is 1. The van der Waals surface area contributed by atoms with Crippen molar-refractivity contribution in [3.63, 3.8) is 0 Å². The molecule has 1 aliphatic rings. The zero-order chi connectivity index (χ0) is 9.10. The zero-order valence-electron chi connectivity index (χ0n) is 7.42. The van der Waals surface area contributed by atoms with Gasteiger partial charge in [-0.05, 0) is 13.0 Å². The van der Waals surface area contributed by atoms with Crippen molar-refractivity contribution in [3.05, 3.63) is 18.2 Å². The number of carbonyl (C=O) groups is 1. The molecule has 0 unspecified atom stereocenters. The minimum absolute atomic E-state index is 0.211. The molecule has 1 atom stereocenters. The van der Waals surface area contributed by atoms with E-state index in [9.17, 15) is 4.79 Å². The van der Waals surface area contributed by atoms with Crippen LogP contribution in [0.2, 0.25) is 0 Å². The quantitative estimate of drug-likeness (QED) is 0.693. The van der Waals surface area contributed by atoms with Gasteiger partial charge in [-0.25, -0.2) is 4.98 Å². The number of H-pyrrole nitrogens is 1. The summed E-state index contributed by atoms with van der Waals surface area (Å²) >= 11 is 0. The molecular formula is C9H13N3O. The molecule has 1 aliphatic heterocycles. The second-order valence-electron chi connectivity index (χ2n) is 3.41. The predicted molar refractivity (Wildman–Crippen MR) is 48.3 cm³/mol. The SMILES string of the molecule is O=C(Cc1cnc[nH]1)[C@H]1CCNC1. The van der Waals surface area contributed by atoms with Crippen LogP contribution in [0.1, 0.15) is 12.1 Å². The number of nitrogens with one attached hydrogen (secondary N) is 2. The monoisotopic (exact) mass is 179 g/mol. The summed E-state index contributed by atoms with van der Waals surface area (Å²) in [6.07, 6.45) is 4.79. The van der Waals surface area contributed by atoms with Gasteiger partial charge in [-0.1, -0.05) is 0 Å². The van der Waals surface area contributed by atoms with Crippen LogP contribution in [-0.2, 0) is 11.2 Å². The predicted octanol–water partition coefficient (Wildman–Crippen LogP) is 0.131. The summed E-state index contributed by atoms with van der Waals surface area (Å²) < 4.78 is 0. The lowest BCUT2D eigenvalue weighted by atomic mass is 10.00. The molecule has 1 saturated heterocycles.